The zero-order chi connectivity index (χ0) is 14.3. The Labute approximate surface area is 115 Å². The summed E-state index contributed by atoms with van der Waals surface area (Å²) in [5.41, 5.74) is 8.15. The first kappa shape index (κ1) is 13.2. The van der Waals surface area contributed by atoms with E-state index in [-0.39, 0.29) is 6.04 Å². The molecule has 0 amide bonds. The maximum absolute atomic E-state index is 12.6. The van der Waals surface area contributed by atoms with Crippen molar-refractivity contribution in [1.82, 2.24) is 0 Å². The fourth-order valence-electron chi connectivity index (χ4n) is 2.49. The topological polar surface area (TPSA) is 26.0 Å². The van der Waals surface area contributed by atoms with E-state index in [9.17, 15) is 13.2 Å². The second kappa shape index (κ2) is 4.63. The Hall–Kier alpha value is -1.81. The van der Waals surface area contributed by atoms with Crippen molar-refractivity contribution >= 4 is 0 Å². The standard InChI is InChI=1S/C16H14F3N/c17-16(18,19)11-7-5-10(6-8-11)12-3-1-2-4-13(12)14-9-15(14)20/h1-8,14-15H,9,20H2/t14-,15+/m0/s1. The number of hydrogen-bond acceptors (Lipinski definition) is 1. The van der Waals surface area contributed by atoms with Crippen molar-refractivity contribution in [2.75, 3.05) is 0 Å². The molecule has 2 atom stereocenters. The summed E-state index contributed by atoms with van der Waals surface area (Å²) >= 11 is 0. The van der Waals surface area contributed by atoms with Gasteiger partial charge in [-0.15, -0.1) is 0 Å². The van der Waals surface area contributed by atoms with Gasteiger partial charge in [0, 0.05) is 12.0 Å². The van der Waals surface area contributed by atoms with Crippen LogP contribution in [0.4, 0.5) is 13.2 Å². The average molecular weight is 277 g/mol. The second-order valence-electron chi connectivity index (χ2n) is 5.17. The molecular weight excluding hydrogens is 263 g/mol. The number of benzene rings is 2. The summed E-state index contributed by atoms with van der Waals surface area (Å²) in [7, 11) is 0. The third kappa shape index (κ3) is 2.43. The first-order valence-corrected chi connectivity index (χ1v) is 6.49. The van der Waals surface area contributed by atoms with Gasteiger partial charge in [0.1, 0.15) is 0 Å². The molecule has 1 saturated carbocycles. The van der Waals surface area contributed by atoms with Gasteiger partial charge >= 0.3 is 6.18 Å². The predicted molar refractivity (Wildman–Crippen MR) is 72.2 cm³/mol. The lowest BCUT2D eigenvalue weighted by Crippen LogP contribution is -2.04. The minimum atomic E-state index is -4.29. The van der Waals surface area contributed by atoms with Crippen LogP contribution in [-0.2, 0) is 6.18 Å². The molecule has 0 saturated heterocycles. The van der Waals surface area contributed by atoms with Crippen LogP contribution in [0.1, 0.15) is 23.5 Å². The number of nitrogens with two attached hydrogens (primary N) is 1. The Balaban J connectivity index is 1.97. The van der Waals surface area contributed by atoms with E-state index in [0.29, 0.717) is 5.92 Å². The van der Waals surface area contributed by atoms with Crippen molar-refractivity contribution in [3.8, 4) is 11.1 Å². The normalized spacial score (nSPS) is 21.8. The summed E-state index contributed by atoms with van der Waals surface area (Å²) in [6.07, 6.45) is -3.35. The van der Waals surface area contributed by atoms with E-state index >= 15 is 0 Å². The Kier molecular flexibility index (Phi) is 3.05. The summed E-state index contributed by atoms with van der Waals surface area (Å²) in [4.78, 5) is 0. The first-order chi connectivity index (χ1) is 9.47. The predicted octanol–water partition coefficient (Wildman–Crippen LogP) is 4.19. The largest absolute Gasteiger partial charge is 0.416 e. The van der Waals surface area contributed by atoms with Crippen LogP contribution in [0, 0.1) is 0 Å². The molecule has 0 aromatic heterocycles. The van der Waals surface area contributed by atoms with Crippen LogP contribution in [0.15, 0.2) is 48.5 Å². The Bertz CT molecular complexity index is 616. The first-order valence-electron chi connectivity index (χ1n) is 6.49. The van der Waals surface area contributed by atoms with Crippen molar-refractivity contribution < 1.29 is 13.2 Å². The highest BCUT2D eigenvalue weighted by molar-refractivity contribution is 5.69. The molecule has 0 aliphatic heterocycles. The second-order valence-corrected chi connectivity index (χ2v) is 5.17. The van der Waals surface area contributed by atoms with Gasteiger partial charge in [-0.25, -0.2) is 0 Å². The van der Waals surface area contributed by atoms with E-state index < -0.39 is 11.7 Å². The molecule has 2 aromatic rings. The Morgan fingerprint density at radius 1 is 0.950 bits per heavy atom. The molecule has 0 unspecified atom stereocenters. The van der Waals surface area contributed by atoms with Crippen LogP contribution in [-0.4, -0.2) is 6.04 Å². The van der Waals surface area contributed by atoms with Crippen molar-refractivity contribution in [3.05, 3.63) is 59.7 Å². The van der Waals surface area contributed by atoms with Gasteiger partial charge in [-0.1, -0.05) is 36.4 Å². The molecule has 1 aliphatic carbocycles. The minimum Gasteiger partial charge on any atom is -0.327 e. The van der Waals surface area contributed by atoms with Crippen molar-refractivity contribution in [3.63, 3.8) is 0 Å². The number of rotatable bonds is 2. The van der Waals surface area contributed by atoms with Gasteiger partial charge in [0.2, 0.25) is 0 Å². The van der Waals surface area contributed by atoms with Gasteiger partial charge in [0.25, 0.3) is 0 Å². The van der Waals surface area contributed by atoms with E-state index in [1.165, 1.54) is 12.1 Å². The van der Waals surface area contributed by atoms with Gasteiger partial charge in [0.15, 0.2) is 0 Å². The lowest BCUT2D eigenvalue weighted by molar-refractivity contribution is -0.137. The molecule has 0 spiro atoms. The monoisotopic (exact) mass is 277 g/mol. The number of halogens is 3. The zero-order valence-corrected chi connectivity index (χ0v) is 10.7. The molecule has 104 valence electrons. The molecular formula is C16H14F3N. The Morgan fingerprint density at radius 2 is 1.55 bits per heavy atom. The van der Waals surface area contributed by atoms with E-state index in [0.717, 1.165) is 35.2 Å². The summed E-state index contributed by atoms with van der Waals surface area (Å²) in [6, 6.07) is 13.2. The SMILES string of the molecule is N[C@@H]1C[C@H]1c1ccccc1-c1ccc(C(F)(F)F)cc1. The Morgan fingerprint density at radius 3 is 2.10 bits per heavy atom. The molecule has 3 rings (SSSR count). The highest BCUT2D eigenvalue weighted by Crippen LogP contribution is 2.43. The summed E-state index contributed by atoms with van der Waals surface area (Å²) in [5.74, 6) is 0.327. The van der Waals surface area contributed by atoms with Crippen LogP contribution in [0.25, 0.3) is 11.1 Å². The lowest BCUT2D eigenvalue weighted by atomic mass is 9.96. The van der Waals surface area contributed by atoms with Crippen LogP contribution in [0.5, 0.6) is 0 Å². The highest BCUT2D eigenvalue weighted by Gasteiger charge is 2.36. The van der Waals surface area contributed by atoms with E-state index in [1.54, 1.807) is 0 Å². The van der Waals surface area contributed by atoms with Crippen molar-refractivity contribution in [2.45, 2.75) is 24.6 Å². The molecule has 2 aromatic carbocycles. The van der Waals surface area contributed by atoms with Gasteiger partial charge in [-0.3, -0.25) is 0 Å². The quantitative estimate of drug-likeness (QED) is 0.875. The lowest BCUT2D eigenvalue weighted by Gasteiger charge is -2.11. The van der Waals surface area contributed by atoms with Gasteiger partial charge in [0.05, 0.1) is 5.56 Å². The molecule has 1 fully saturated rings. The summed E-state index contributed by atoms with van der Waals surface area (Å²) in [5, 5.41) is 0. The molecule has 1 aliphatic rings. The van der Waals surface area contributed by atoms with Crippen LogP contribution in [0.3, 0.4) is 0 Å². The molecule has 2 N–H and O–H groups in total. The molecule has 1 nitrogen and oxygen atoms in total. The number of hydrogen-bond donors (Lipinski definition) is 1. The van der Waals surface area contributed by atoms with Gasteiger partial charge in [-0.2, -0.15) is 13.2 Å². The fourth-order valence-corrected chi connectivity index (χ4v) is 2.49. The van der Waals surface area contributed by atoms with E-state index in [1.807, 2.05) is 24.3 Å². The molecule has 4 heteroatoms. The minimum absolute atomic E-state index is 0.172. The smallest absolute Gasteiger partial charge is 0.327 e. The van der Waals surface area contributed by atoms with Crippen LogP contribution >= 0.6 is 0 Å². The zero-order valence-electron chi connectivity index (χ0n) is 10.7. The average Bonchev–Trinajstić information content (AvgIpc) is 3.15. The fraction of sp³-hybridized carbons (Fsp3) is 0.250. The van der Waals surface area contributed by atoms with Gasteiger partial charge in [-0.05, 0) is 35.2 Å². The highest BCUT2D eigenvalue weighted by atomic mass is 19.4. The molecule has 0 heterocycles. The maximum Gasteiger partial charge on any atom is 0.416 e. The van der Waals surface area contributed by atoms with Crippen molar-refractivity contribution in [1.29, 1.82) is 0 Å². The molecule has 0 radical (unpaired) electrons. The van der Waals surface area contributed by atoms with Crippen LogP contribution < -0.4 is 5.73 Å². The van der Waals surface area contributed by atoms with E-state index in [2.05, 4.69) is 0 Å². The van der Waals surface area contributed by atoms with E-state index in [4.69, 9.17) is 5.73 Å². The summed E-state index contributed by atoms with van der Waals surface area (Å²) < 4.78 is 37.7. The van der Waals surface area contributed by atoms with Crippen molar-refractivity contribution in [2.24, 2.45) is 5.73 Å². The maximum atomic E-state index is 12.6. The third-order valence-corrected chi connectivity index (χ3v) is 3.72. The number of alkyl halides is 3. The third-order valence-electron chi connectivity index (χ3n) is 3.72. The molecule has 20 heavy (non-hydrogen) atoms. The summed E-state index contributed by atoms with van der Waals surface area (Å²) in [6.45, 7) is 0. The van der Waals surface area contributed by atoms with Gasteiger partial charge < -0.3 is 5.73 Å². The molecule has 0 bridgehead atoms. The van der Waals surface area contributed by atoms with Crippen LogP contribution in [0.2, 0.25) is 0 Å².